The Morgan fingerprint density at radius 1 is 1.22 bits per heavy atom. The zero-order chi connectivity index (χ0) is 19.3. The molecule has 0 radical (unpaired) electrons. The van der Waals surface area contributed by atoms with Crippen molar-refractivity contribution < 1.29 is 19.2 Å². The molecule has 1 aliphatic carbocycles. The highest BCUT2D eigenvalue weighted by atomic mass is 16.2. The fourth-order valence-corrected chi connectivity index (χ4v) is 4.46. The molecule has 7 heteroatoms. The molecule has 4 rings (SSSR count). The molecule has 0 unspecified atom stereocenters. The van der Waals surface area contributed by atoms with Gasteiger partial charge in [0, 0.05) is 11.3 Å². The number of carbonyl (C=O) groups excluding carboxylic acids is 4. The van der Waals surface area contributed by atoms with Gasteiger partial charge < -0.3 is 10.6 Å². The fraction of sp³-hybridized carbons (Fsp3) is 0.500. The van der Waals surface area contributed by atoms with E-state index in [2.05, 4.69) is 10.6 Å². The van der Waals surface area contributed by atoms with E-state index in [1.165, 1.54) is 0 Å². The van der Waals surface area contributed by atoms with Crippen molar-refractivity contribution in [3.8, 4) is 0 Å². The molecule has 2 N–H and O–H groups in total. The minimum atomic E-state index is -0.863. The number of benzene rings is 1. The third-order valence-corrected chi connectivity index (χ3v) is 6.29. The Bertz CT molecular complexity index is 865. The first-order valence-electron chi connectivity index (χ1n) is 9.45. The summed E-state index contributed by atoms with van der Waals surface area (Å²) in [4.78, 5) is 51.0. The Morgan fingerprint density at radius 3 is 2.74 bits per heavy atom. The molecule has 2 heterocycles. The number of fused-ring (bicyclic) bond motifs is 1. The van der Waals surface area contributed by atoms with Gasteiger partial charge >= 0.3 is 6.03 Å². The number of nitrogens with one attached hydrogen (secondary N) is 2. The van der Waals surface area contributed by atoms with E-state index >= 15 is 0 Å². The largest absolute Gasteiger partial charge is 0.325 e. The van der Waals surface area contributed by atoms with Crippen molar-refractivity contribution in [2.75, 3.05) is 11.9 Å². The predicted octanol–water partition coefficient (Wildman–Crippen LogP) is 2.43. The van der Waals surface area contributed by atoms with Crippen molar-refractivity contribution in [1.82, 2.24) is 10.2 Å². The Labute approximate surface area is 157 Å². The quantitative estimate of drug-likeness (QED) is 0.632. The maximum Gasteiger partial charge on any atom is 0.325 e. The average Bonchev–Trinajstić information content (AvgIpc) is 3.06. The molecule has 7 nitrogen and oxygen atoms in total. The van der Waals surface area contributed by atoms with Gasteiger partial charge in [-0.1, -0.05) is 19.8 Å². The SMILES string of the molecule is C[C@@H]1C(=O)Nc2ccc(C(=O)CN3C(=O)N[C@]4(CCCC[C@@H]4C)C3=O)cc21. The molecule has 2 fully saturated rings. The molecule has 27 heavy (non-hydrogen) atoms. The zero-order valence-electron chi connectivity index (χ0n) is 15.5. The Hall–Kier alpha value is -2.70. The number of Topliss-reactive ketones (excluding diaryl/α,β-unsaturated/α-hetero) is 1. The molecule has 1 aromatic carbocycles. The van der Waals surface area contributed by atoms with Gasteiger partial charge in [-0.3, -0.25) is 19.3 Å². The second-order valence-corrected chi connectivity index (χ2v) is 7.88. The van der Waals surface area contributed by atoms with E-state index in [1.54, 1.807) is 25.1 Å². The van der Waals surface area contributed by atoms with Crippen LogP contribution in [-0.2, 0) is 9.59 Å². The van der Waals surface area contributed by atoms with Crippen LogP contribution in [0, 0.1) is 5.92 Å². The second kappa shape index (κ2) is 6.18. The van der Waals surface area contributed by atoms with Crippen LogP contribution < -0.4 is 10.6 Å². The van der Waals surface area contributed by atoms with Crippen LogP contribution in [0.2, 0.25) is 0 Å². The number of anilines is 1. The molecule has 3 aliphatic rings. The van der Waals surface area contributed by atoms with Crippen molar-refractivity contribution in [2.24, 2.45) is 5.92 Å². The van der Waals surface area contributed by atoms with E-state index in [-0.39, 0.29) is 36.0 Å². The third-order valence-electron chi connectivity index (χ3n) is 6.29. The monoisotopic (exact) mass is 369 g/mol. The first kappa shape index (κ1) is 17.7. The summed E-state index contributed by atoms with van der Waals surface area (Å²) in [6.45, 7) is 3.48. The van der Waals surface area contributed by atoms with Gasteiger partial charge in [-0.15, -0.1) is 0 Å². The Kier molecular flexibility index (Phi) is 4.05. The minimum absolute atomic E-state index is 0.0562. The predicted molar refractivity (Wildman–Crippen MR) is 98.4 cm³/mol. The number of nitrogens with zero attached hydrogens (tertiary/aromatic N) is 1. The van der Waals surface area contributed by atoms with Gasteiger partial charge in [-0.25, -0.2) is 4.79 Å². The lowest BCUT2D eigenvalue weighted by molar-refractivity contribution is -0.133. The van der Waals surface area contributed by atoms with Crippen molar-refractivity contribution >= 4 is 29.3 Å². The molecule has 0 bridgehead atoms. The van der Waals surface area contributed by atoms with Crippen molar-refractivity contribution in [1.29, 1.82) is 0 Å². The van der Waals surface area contributed by atoms with Crippen LogP contribution in [0.4, 0.5) is 10.5 Å². The third kappa shape index (κ3) is 2.64. The van der Waals surface area contributed by atoms with Gasteiger partial charge in [0.2, 0.25) is 5.91 Å². The van der Waals surface area contributed by atoms with Gasteiger partial charge in [-0.05, 0) is 49.4 Å². The van der Waals surface area contributed by atoms with Crippen LogP contribution >= 0.6 is 0 Å². The van der Waals surface area contributed by atoms with Crippen LogP contribution in [0.3, 0.4) is 0 Å². The summed E-state index contributed by atoms with van der Waals surface area (Å²) < 4.78 is 0. The van der Waals surface area contributed by atoms with Gasteiger partial charge in [0.15, 0.2) is 5.78 Å². The van der Waals surface area contributed by atoms with Crippen LogP contribution in [0.1, 0.15) is 61.4 Å². The van der Waals surface area contributed by atoms with Gasteiger partial charge in [-0.2, -0.15) is 0 Å². The molecule has 1 aromatic rings. The van der Waals surface area contributed by atoms with Crippen molar-refractivity contribution in [3.05, 3.63) is 29.3 Å². The molecule has 1 saturated carbocycles. The van der Waals surface area contributed by atoms with Gasteiger partial charge in [0.25, 0.3) is 5.91 Å². The van der Waals surface area contributed by atoms with Crippen LogP contribution in [0.5, 0.6) is 0 Å². The summed E-state index contributed by atoms with van der Waals surface area (Å²) >= 11 is 0. The number of hydrogen-bond acceptors (Lipinski definition) is 4. The van der Waals surface area contributed by atoms with Gasteiger partial charge in [0.1, 0.15) is 5.54 Å². The van der Waals surface area contributed by atoms with Gasteiger partial charge in [0.05, 0.1) is 12.5 Å². The number of rotatable bonds is 3. The lowest BCUT2D eigenvalue weighted by atomic mass is 9.73. The molecule has 4 amide bonds. The van der Waals surface area contributed by atoms with E-state index in [1.807, 2.05) is 6.92 Å². The molecule has 2 aliphatic heterocycles. The summed E-state index contributed by atoms with van der Waals surface area (Å²) in [5.74, 6) is -0.971. The molecule has 3 atom stereocenters. The van der Waals surface area contributed by atoms with Crippen LogP contribution in [-0.4, -0.2) is 40.6 Å². The lowest BCUT2D eigenvalue weighted by Crippen LogP contribution is -2.54. The molecule has 1 spiro atoms. The number of hydrogen-bond donors (Lipinski definition) is 2. The Morgan fingerprint density at radius 2 is 2.00 bits per heavy atom. The highest BCUT2D eigenvalue weighted by molar-refractivity contribution is 6.12. The van der Waals surface area contributed by atoms with E-state index < -0.39 is 11.6 Å². The fourth-order valence-electron chi connectivity index (χ4n) is 4.46. The van der Waals surface area contributed by atoms with E-state index in [0.29, 0.717) is 17.7 Å². The lowest BCUT2D eigenvalue weighted by Gasteiger charge is -2.36. The van der Waals surface area contributed by atoms with Crippen molar-refractivity contribution in [3.63, 3.8) is 0 Å². The van der Waals surface area contributed by atoms with Crippen molar-refractivity contribution in [2.45, 2.75) is 51.0 Å². The molecule has 1 saturated heterocycles. The maximum atomic E-state index is 13.0. The highest BCUT2D eigenvalue weighted by Gasteiger charge is 2.55. The summed E-state index contributed by atoms with van der Waals surface area (Å²) in [6, 6.07) is 4.50. The summed E-state index contributed by atoms with van der Waals surface area (Å²) in [5, 5.41) is 5.63. The Balaban J connectivity index is 1.54. The summed E-state index contributed by atoms with van der Waals surface area (Å²) in [7, 11) is 0. The number of urea groups is 1. The number of carbonyl (C=O) groups is 4. The van der Waals surface area contributed by atoms with Crippen LogP contribution in [0.15, 0.2) is 18.2 Å². The second-order valence-electron chi connectivity index (χ2n) is 7.88. The molecule has 0 aromatic heterocycles. The van der Waals surface area contributed by atoms with Crippen LogP contribution in [0.25, 0.3) is 0 Å². The van der Waals surface area contributed by atoms with E-state index in [9.17, 15) is 19.2 Å². The molecule has 142 valence electrons. The highest BCUT2D eigenvalue weighted by Crippen LogP contribution is 2.38. The topological polar surface area (TPSA) is 95.6 Å². The summed E-state index contributed by atoms with van der Waals surface area (Å²) in [6.07, 6.45) is 3.44. The average molecular weight is 369 g/mol. The maximum absolute atomic E-state index is 13.0. The van der Waals surface area contributed by atoms with E-state index in [4.69, 9.17) is 0 Å². The first-order valence-corrected chi connectivity index (χ1v) is 9.45. The number of imide groups is 1. The summed E-state index contributed by atoms with van der Waals surface area (Å²) in [5.41, 5.74) is 1.00. The molecular weight excluding hydrogens is 346 g/mol. The normalized spacial score (nSPS) is 29.7. The molecular formula is C20H23N3O4. The standard InChI is InChI=1S/C20H23N3O4/c1-11-5-3-4-8-20(11)18(26)23(19(27)22-20)10-16(24)13-6-7-15-14(9-13)12(2)17(25)21-15/h6-7,9,11-12H,3-5,8,10H2,1-2H3,(H,21,25)(H,22,27)/t11-,12-,20-/m0/s1. The van der Waals surface area contributed by atoms with E-state index in [0.717, 1.165) is 29.7 Å². The zero-order valence-corrected chi connectivity index (χ0v) is 15.5. The first-order chi connectivity index (χ1) is 12.8. The minimum Gasteiger partial charge on any atom is -0.325 e. The smallest absolute Gasteiger partial charge is 0.325 e. The number of amides is 4. The number of ketones is 1.